The van der Waals surface area contributed by atoms with Crippen LogP contribution < -0.4 is 5.32 Å². The standard InChI is InChI=1S/C22H23ClN2O4/c1-14-5-10-18(23)12-19(14)24-21(27)15(2)29-22(28)17-8-6-16(7-9-17)13-25-11-3-4-20(25)26/h5-10,12,15H,3-4,11,13H2,1-2H3,(H,24,27). The Morgan fingerprint density at radius 1 is 1.21 bits per heavy atom. The molecule has 1 N–H and O–H groups in total. The number of ether oxygens (including phenoxy) is 1. The smallest absolute Gasteiger partial charge is 0.338 e. The second kappa shape index (κ2) is 9.09. The number of rotatable bonds is 6. The van der Waals surface area contributed by atoms with Crippen LogP contribution in [0.15, 0.2) is 42.5 Å². The van der Waals surface area contributed by atoms with Gasteiger partial charge in [0.2, 0.25) is 5.91 Å². The molecule has 152 valence electrons. The maximum atomic E-state index is 12.4. The molecule has 1 saturated heterocycles. The lowest BCUT2D eigenvalue weighted by atomic mass is 10.1. The van der Waals surface area contributed by atoms with Gasteiger partial charge in [-0.3, -0.25) is 9.59 Å². The Kier molecular flexibility index (Phi) is 6.54. The third-order valence-corrected chi connectivity index (χ3v) is 5.08. The van der Waals surface area contributed by atoms with Crippen LogP contribution in [0.1, 0.15) is 41.3 Å². The maximum Gasteiger partial charge on any atom is 0.338 e. The molecule has 2 aromatic carbocycles. The summed E-state index contributed by atoms with van der Waals surface area (Å²) in [6, 6.07) is 12.1. The molecule has 7 heteroatoms. The predicted octanol–water partition coefficient (Wildman–Crippen LogP) is 3.95. The van der Waals surface area contributed by atoms with Gasteiger partial charge in [-0.15, -0.1) is 0 Å². The number of nitrogens with one attached hydrogen (secondary N) is 1. The summed E-state index contributed by atoms with van der Waals surface area (Å²) in [4.78, 5) is 38.2. The summed E-state index contributed by atoms with van der Waals surface area (Å²) in [5.41, 5.74) is 2.72. The normalized spacial score (nSPS) is 14.6. The van der Waals surface area contributed by atoms with Crippen LogP contribution in [0.4, 0.5) is 5.69 Å². The first-order chi connectivity index (χ1) is 13.8. The fourth-order valence-corrected chi connectivity index (χ4v) is 3.26. The first kappa shape index (κ1) is 20.9. The molecular formula is C22H23ClN2O4. The van der Waals surface area contributed by atoms with E-state index in [0.29, 0.717) is 29.2 Å². The summed E-state index contributed by atoms with van der Waals surface area (Å²) in [5, 5.41) is 3.23. The second-order valence-electron chi connectivity index (χ2n) is 7.11. The van der Waals surface area contributed by atoms with Gasteiger partial charge in [0, 0.05) is 30.2 Å². The molecule has 1 aliphatic rings. The minimum Gasteiger partial charge on any atom is -0.449 e. The molecule has 1 unspecified atom stereocenters. The van der Waals surface area contributed by atoms with Gasteiger partial charge in [-0.2, -0.15) is 0 Å². The van der Waals surface area contributed by atoms with Crippen molar-refractivity contribution in [3.8, 4) is 0 Å². The van der Waals surface area contributed by atoms with Crippen molar-refractivity contribution in [2.24, 2.45) is 0 Å². The molecule has 1 aliphatic heterocycles. The highest BCUT2D eigenvalue weighted by atomic mass is 35.5. The molecule has 3 rings (SSSR count). The molecule has 0 aliphatic carbocycles. The van der Waals surface area contributed by atoms with E-state index in [4.69, 9.17) is 16.3 Å². The van der Waals surface area contributed by atoms with Gasteiger partial charge in [-0.25, -0.2) is 4.79 Å². The van der Waals surface area contributed by atoms with E-state index in [1.54, 1.807) is 47.4 Å². The SMILES string of the molecule is Cc1ccc(Cl)cc1NC(=O)C(C)OC(=O)c1ccc(CN2CCCC2=O)cc1. The van der Waals surface area contributed by atoms with E-state index in [1.165, 1.54) is 6.92 Å². The Morgan fingerprint density at radius 2 is 1.93 bits per heavy atom. The number of hydrogen-bond acceptors (Lipinski definition) is 4. The number of carbonyl (C=O) groups excluding carboxylic acids is 3. The lowest BCUT2D eigenvalue weighted by Gasteiger charge is -2.16. The number of hydrogen-bond donors (Lipinski definition) is 1. The minimum absolute atomic E-state index is 0.156. The summed E-state index contributed by atoms with van der Waals surface area (Å²) in [5.74, 6) is -0.865. The molecule has 0 spiro atoms. The lowest BCUT2D eigenvalue weighted by molar-refractivity contribution is -0.128. The van der Waals surface area contributed by atoms with E-state index in [1.807, 2.05) is 6.92 Å². The Bertz CT molecular complexity index is 927. The number of amides is 2. The van der Waals surface area contributed by atoms with Gasteiger partial charge in [-0.05, 0) is 55.7 Å². The van der Waals surface area contributed by atoms with Gasteiger partial charge in [0.25, 0.3) is 5.91 Å². The van der Waals surface area contributed by atoms with E-state index in [9.17, 15) is 14.4 Å². The largest absolute Gasteiger partial charge is 0.449 e. The molecule has 1 fully saturated rings. The van der Waals surface area contributed by atoms with Crippen LogP contribution in [0.2, 0.25) is 5.02 Å². The number of nitrogens with zero attached hydrogens (tertiary/aromatic N) is 1. The van der Waals surface area contributed by atoms with Gasteiger partial charge >= 0.3 is 5.97 Å². The first-order valence-electron chi connectivity index (χ1n) is 9.48. The van der Waals surface area contributed by atoms with Gasteiger partial charge in [0.05, 0.1) is 5.56 Å². The van der Waals surface area contributed by atoms with E-state index in [-0.39, 0.29) is 5.91 Å². The third-order valence-electron chi connectivity index (χ3n) is 4.84. The van der Waals surface area contributed by atoms with Crippen molar-refractivity contribution < 1.29 is 19.1 Å². The number of halogens is 1. The number of carbonyl (C=O) groups is 3. The molecule has 6 nitrogen and oxygen atoms in total. The van der Waals surface area contributed by atoms with Crippen molar-refractivity contribution in [1.29, 1.82) is 0 Å². The summed E-state index contributed by atoms with van der Waals surface area (Å²) < 4.78 is 5.28. The van der Waals surface area contributed by atoms with E-state index < -0.39 is 18.0 Å². The van der Waals surface area contributed by atoms with Gasteiger partial charge in [0.15, 0.2) is 6.10 Å². The van der Waals surface area contributed by atoms with Gasteiger partial charge in [0.1, 0.15) is 0 Å². The van der Waals surface area contributed by atoms with Crippen molar-refractivity contribution in [3.63, 3.8) is 0 Å². The summed E-state index contributed by atoms with van der Waals surface area (Å²) in [6.45, 7) is 4.66. The molecule has 0 aromatic heterocycles. The molecule has 2 amide bonds. The second-order valence-corrected chi connectivity index (χ2v) is 7.55. The van der Waals surface area contributed by atoms with Crippen molar-refractivity contribution in [2.45, 2.75) is 39.3 Å². The monoisotopic (exact) mass is 414 g/mol. The number of benzene rings is 2. The van der Waals surface area contributed by atoms with Crippen LogP contribution in [0, 0.1) is 6.92 Å². The van der Waals surface area contributed by atoms with Gasteiger partial charge in [-0.1, -0.05) is 29.8 Å². The average molecular weight is 415 g/mol. The Labute approximate surface area is 174 Å². The van der Waals surface area contributed by atoms with Crippen molar-refractivity contribution in [2.75, 3.05) is 11.9 Å². The van der Waals surface area contributed by atoms with Crippen LogP contribution >= 0.6 is 11.6 Å². The summed E-state index contributed by atoms with van der Waals surface area (Å²) in [7, 11) is 0. The highest BCUT2D eigenvalue weighted by Crippen LogP contribution is 2.21. The molecule has 2 aromatic rings. The van der Waals surface area contributed by atoms with Crippen molar-refractivity contribution in [3.05, 3.63) is 64.2 Å². The van der Waals surface area contributed by atoms with Crippen LogP contribution in [-0.4, -0.2) is 35.3 Å². The molecule has 1 atom stereocenters. The lowest BCUT2D eigenvalue weighted by Crippen LogP contribution is -2.30. The molecule has 0 radical (unpaired) electrons. The number of aryl methyl sites for hydroxylation is 1. The van der Waals surface area contributed by atoms with E-state index >= 15 is 0 Å². The fraction of sp³-hybridized carbons (Fsp3) is 0.318. The highest BCUT2D eigenvalue weighted by Gasteiger charge is 2.21. The Hall–Kier alpha value is -2.86. The number of anilines is 1. The zero-order valence-corrected chi connectivity index (χ0v) is 17.2. The molecular weight excluding hydrogens is 392 g/mol. The summed E-state index contributed by atoms with van der Waals surface area (Å²) >= 11 is 5.96. The number of likely N-dealkylation sites (tertiary alicyclic amines) is 1. The fourth-order valence-electron chi connectivity index (χ4n) is 3.08. The van der Waals surface area contributed by atoms with Gasteiger partial charge < -0.3 is 15.0 Å². The van der Waals surface area contributed by atoms with Crippen LogP contribution in [-0.2, 0) is 20.9 Å². The Balaban J connectivity index is 1.56. The van der Waals surface area contributed by atoms with Crippen LogP contribution in [0.3, 0.4) is 0 Å². The Morgan fingerprint density at radius 3 is 2.59 bits per heavy atom. The predicted molar refractivity (Wildman–Crippen MR) is 111 cm³/mol. The third kappa shape index (κ3) is 5.35. The maximum absolute atomic E-state index is 12.4. The van der Waals surface area contributed by atoms with Crippen molar-refractivity contribution >= 4 is 35.1 Å². The summed E-state index contributed by atoms with van der Waals surface area (Å²) in [6.07, 6.45) is 0.513. The molecule has 29 heavy (non-hydrogen) atoms. The molecule has 0 saturated carbocycles. The zero-order chi connectivity index (χ0) is 21.0. The highest BCUT2D eigenvalue weighted by molar-refractivity contribution is 6.31. The molecule has 1 heterocycles. The number of esters is 1. The minimum atomic E-state index is -0.970. The average Bonchev–Trinajstić information content (AvgIpc) is 3.09. The first-order valence-corrected chi connectivity index (χ1v) is 9.86. The van der Waals surface area contributed by atoms with Crippen LogP contribution in [0.25, 0.3) is 0 Å². The van der Waals surface area contributed by atoms with Crippen LogP contribution in [0.5, 0.6) is 0 Å². The van der Waals surface area contributed by atoms with E-state index in [2.05, 4.69) is 5.32 Å². The molecule has 0 bridgehead atoms. The van der Waals surface area contributed by atoms with Crippen molar-refractivity contribution in [1.82, 2.24) is 4.90 Å². The quantitative estimate of drug-likeness (QED) is 0.726. The van der Waals surface area contributed by atoms with E-state index in [0.717, 1.165) is 24.1 Å². The topological polar surface area (TPSA) is 75.7 Å². The zero-order valence-electron chi connectivity index (χ0n) is 16.4.